The zero-order valence-electron chi connectivity index (χ0n) is 10.6. The van der Waals surface area contributed by atoms with Crippen LogP contribution in [0.25, 0.3) is 0 Å². The number of carbonyl (C=O) groups is 1. The number of hydrogen-bond donors (Lipinski definition) is 0. The predicted molar refractivity (Wildman–Crippen MR) is 70.3 cm³/mol. The number of likely N-dealkylation sites (N-methyl/N-ethyl adjacent to an activating group) is 1. The van der Waals surface area contributed by atoms with Crippen LogP contribution in [0.5, 0.6) is 0 Å². The average Bonchev–Trinajstić information content (AvgIpc) is 2.27. The van der Waals surface area contributed by atoms with Crippen molar-refractivity contribution in [3.8, 4) is 0 Å². The lowest BCUT2D eigenvalue weighted by atomic mass is 9.92. The molecule has 0 atom stereocenters. The second kappa shape index (κ2) is 5.02. The predicted octanol–water partition coefficient (Wildman–Crippen LogP) is 2.93. The normalized spacial score (nSPS) is 11.9. The molecule has 1 rings (SSSR count). The Hall–Kier alpha value is -0.800. The van der Waals surface area contributed by atoms with Gasteiger partial charge in [-0.25, -0.2) is 0 Å². The monoisotopic (exact) mass is 237 g/mol. The molecule has 0 bridgehead atoms. The van der Waals surface area contributed by atoms with Crippen LogP contribution in [0.4, 0.5) is 0 Å². The van der Waals surface area contributed by atoms with Gasteiger partial charge in [0.15, 0.2) is 5.78 Å². The summed E-state index contributed by atoms with van der Waals surface area (Å²) in [6, 6.07) is 7.77. The molecule has 0 aliphatic heterocycles. The standard InChI is InChI=1S/C13H19NOS/c1-13(2,14(3)4)12(15)10-8-6-7-9-11(10)16-5/h6-9H,1-5H3. The SMILES string of the molecule is CSc1ccccc1C(=O)C(C)(C)N(C)C. The van der Waals surface area contributed by atoms with Crippen molar-refractivity contribution in [2.75, 3.05) is 20.4 Å². The van der Waals surface area contributed by atoms with Crippen molar-refractivity contribution in [1.29, 1.82) is 0 Å². The third kappa shape index (κ3) is 2.47. The summed E-state index contributed by atoms with van der Waals surface area (Å²) in [6.07, 6.45) is 1.99. The topological polar surface area (TPSA) is 20.3 Å². The van der Waals surface area contributed by atoms with Crippen molar-refractivity contribution in [2.24, 2.45) is 0 Å². The minimum Gasteiger partial charge on any atom is -0.297 e. The molecular formula is C13H19NOS. The lowest BCUT2D eigenvalue weighted by molar-refractivity contribution is 0.0752. The molecule has 3 heteroatoms. The fourth-order valence-corrected chi connectivity index (χ4v) is 1.96. The van der Waals surface area contributed by atoms with E-state index in [2.05, 4.69) is 0 Å². The lowest BCUT2D eigenvalue weighted by Crippen LogP contribution is -2.45. The average molecular weight is 237 g/mol. The molecule has 0 heterocycles. The van der Waals surface area contributed by atoms with Crippen molar-refractivity contribution in [3.63, 3.8) is 0 Å². The number of carbonyl (C=O) groups excluding carboxylic acids is 1. The Balaban J connectivity index is 3.14. The molecule has 0 saturated heterocycles. The van der Waals surface area contributed by atoms with Crippen molar-refractivity contribution >= 4 is 17.5 Å². The number of nitrogens with zero attached hydrogens (tertiary/aromatic N) is 1. The van der Waals surface area contributed by atoms with Crippen LogP contribution in [0.2, 0.25) is 0 Å². The van der Waals surface area contributed by atoms with Gasteiger partial charge in [0.25, 0.3) is 0 Å². The number of rotatable bonds is 4. The van der Waals surface area contributed by atoms with Gasteiger partial charge in [0.2, 0.25) is 0 Å². The number of thioether (sulfide) groups is 1. The molecule has 0 aliphatic rings. The first kappa shape index (κ1) is 13.3. The van der Waals surface area contributed by atoms with Crippen LogP contribution < -0.4 is 0 Å². The van der Waals surface area contributed by atoms with Crippen LogP contribution in [0.15, 0.2) is 29.2 Å². The summed E-state index contributed by atoms with van der Waals surface area (Å²) in [4.78, 5) is 15.4. The van der Waals surface area contributed by atoms with Gasteiger partial charge in [-0.3, -0.25) is 9.69 Å². The van der Waals surface area contributed by atoms with Gasteiger partial charge in [-0.2, -0.15) is 0 Å². The van der Waals surface area contributed by atoms with Gasteiger partial charge in [0.05, 0.1) is 5.54 Å². The Bertz CT molecular complexity index is 385. The second-order valence-electron chi connectivity index (χ2n) is 4.48. The summed E-state index contributed by atoms with van der Waals surface area (Å²) < 4.78 is 0. The maximum atomic E-state index is 12.4. The van der Waals surface area contributed by atoms with Gasteiger partial charge in [-0.05, 0) is 40.3 Å². The van der Waals surface area contributed by atoms with E-state index >= 15 is 0 Å². The molecule has 2 nitrogen and oxygen atoms in total. The summed E-state index contributed by atoms with van der Waals surface area (Å²) in [5.41, 5.74) is 0.347. The highest BCUT2D eigenvalue weighted by atomic mass is 32.2. The Kier molecular flexibility index (Phi) is 4.16. The van der Waals surface area contributed by atoms with Gasteiger partial charge in [-0.15, -0.1) is 11.8 Å². The molecule has 1 aromatic rings. The largest absolute Gasteiger partial charge is 0.297 e. The first-order valence-corrected chi connectivity index (χ1v) is 6.49. The summed E-state index contributed by atoms with van der Waals surface area (Å²) in [7, 11) is 3.86. The van der Waals surface area contributed by atoms with E-state index in [-0.39, 0.29) is 5.78 Å². The molecular weight excluding hydrogens is 218 g/mol. The number of hydrogen-bond acceptors (Lipinski definition) is 3. The highest BCUT2D eigenvalue weighted by Crippen LogP contribution is 2.25. The highest BCUT2D eigenvalue weighted by Gasteiger charge is 2.31. The third-order valence-electron chi connectivity index (χ3n) is 3.03. The Morgan fingerprint density at radius 1 is 1.25 bits per heavy atom. The molecule has 1 aromatic carbocycles. The molecule has 0 aliphatic carbocycles. The van der Waals surface area contributed by atoms with Crippen molar-refractivity contribution in [3.05, 3.63) is 29.8 Å². The molecule has 0 fully saturated rings. The van der Waals surface area contributed by atoms with Crippen molar-refractivity contribution < 1.29 is 4.79 Å². The van der Waals surface area contributed by atoms with Crippen molar-refractivity contribution in [1.82, 2.24) is 4.90 Å². The van der Waals surface area contributed by atoms with Crippen LogP contribution in [-0.4, -0.2) is 36.6 Å². The fraction of sp³-hybridized carbons (Fsp3) is 0.462. The zero-order valence-corrected chi connectivity index (χ0v) is 11.4. The van der Waals surface area contributed by atoms with E-state index in [0.29, 0.717) is 0 Å². The van der Waals surface area contributed by atoms with E-state index in [4.69, 9.17) is 0 Å². The van der Waals surface area contributed by atoms with Gasteiger partial charge >= 0.3 is 0 Å². The highest BCUT2D eigenvalue weighted by molar-refractivity contribution is 7.98. The molecule has 88 valence electrons. The Morgan fingerprint density at radius 2 is 1.81 bits per heavy atom. The summed E-state index contributed by atoms with van der Waals surface area (Å²) in [5, 5.41) is 0. The quantitative estimate of drug-likeness (QED) is 0.593. The summed E-state index contributed by atoms with van der Waals surface area (Å²) in [6.45, 7) is 3.90. The van der Waals surface area contributed by atoms with Crippen LogP contribution in [-0.2, 0) is 0 Å². The van der Waals surface area contributed by atoms with Gasteiger partial charge in [-0.1, -0.05) is 18.2 Å². The lowest BCUT2D eigenvalue weighted by Gasteiger charge is -2.31. The smallest absolute Gasteiger partial charge is 0.183 e. The zero-order chi connectivity index (χ0) is 12.3. The third-order valence-corrected chi connectivity index (χ3v) is 3.82. The molecule has 16 heavy (non-hydrogen) atoms. The second-order valence-corrected chi connectivity index (χ2v) is 5.33. The number of Topliss-reactive ketones (excluding diaryl/α,β-unsaturated/α-hetero) is 1. The van der Waals surface area contributed by atoms with Crippen LogP contribution in [0.3, 0.4) is 0 Å². The van der Waals surface area contributed by atoms with E-state index in [1.165, 1.54) is 0 Å². The maximum Gasteiger partial charge on any atom is 0.183 e. The van der Waals surface area contributed by atoms with E-state index in [1.807, 2.05) is 63.4 Å². The van der Waals surface area contributed by atoms with Crippen molar-refractivity contribution in [2.45, 2.75) is 24.3 Å². The van der Waals surface area contributed by atoms with E-state index in [9.17, 15) is 4.79 Å². The Labute approximate surface area is 102 Å². The molecule has 0 unspecified atom stereocenters. The van der Waals surface area contributed by atoms with Gasteiger partial charge < -0.3 is 0 Å². The minimum absolute atomic E-state index is 0.169. The minimum atomic E-state index is -0.466. The first-order valence-electron chi connectivity index (χ1n) is 5.26. The Morgan fingerprint density at radius 3 is 2.31 bits per heavy atom. The molecule has 0 radical (unpaired) electrons. The van der Waals surface area contributed by atoms with E-state index in [0.717, 1.165) is 10.5 Å². The maximum absolute atomic E-state index is 12.4. The van der Waals surface area contributed by atoms with Gasteiger partial charge in [0.1, 0.15) is 0 Å². The van der Waals surface area contributed by atoms with E-state index < -0.39 is 5.54 Å². The number of ketones is 1. The number of benzene rings is 1. The van der Waals surface area contributed by atoms with Gasteiger partial charge in [0, 0.05) is 10.5 Å². The van der Waals surface area contributed by atoms with Crippen LogP contribution in [0, 0.1) is 0 Å². The van der Waals surface area contributed by atoms with E-state index in [1.54, 1.807) is 11.8 Å². The molecule has 0 amide bonds. The van der Waals surface area contributed by atoms with Crippen LogP contribution in [0.1, 0.15) is 24.2 Å². The first-order chi connectivity index (χ1) is 7.41. The molecule has 0 aromatic heterocycles. The van der Waals surface area contributed by atoms with Crippen LogP contribution >= 0.6 is 11.8 Å². The molecule has 0 spiro atoms. The fourth-order valence-electron chi connectivity index (χ4n) is 1.36. The summed E-state index contributed by atoms with van der Waals surface area (Å²) in [5.74, 6) is 0.169. The summed E-state index contributed by atoms with van der Waals surface area (Å²) >= 11 is 1.61. The molecule has 0 N–H and O–H groups in total. The molecule has 0 saturated carbocycles.